The van der Waals surface area contributed by atoms with Crippen molar-refractivity contribution in [2.75, 3.05) is 26.3 Å². The molecule has 1 unspecified atom stereocenters. The van der Waals surface area contributed by atoms with Crippen LogP contribution in [0, 0.1) is 22.0 Å². The van der Waals surface area contributed by atoms with Gasteiger partial charge in [0.1, 0.15) is 0 Å². The van der Waals surface area contributed by atoms with Crippen LogP contribution in [0.15, 0.2) is 29.3 Å². The summed E-state index contributed by atoms with van der Waals surface area (Å²) in [6, 6.07) is 6.52. The number of halogens is 1. The molecular weight excluding hydrogens is 447 g/mol. The van der Waals surface area contributed by atoms with Crippen molar-refractivity contribution in [2.45, 2.75) is 33.2 Å². The maximum absolute atomic E-state index is 10.7. The van der Waals surface area contributed by atoms with Crippen LogP contribution in [0.2, 0.25) is 0 Å². The van der Waals surface area contributed by atoms with Crippen LogP contribution < -0.4 is 10.6 Å². The lowest BCUT2D eigenvalue weighted by Crippen LogP contribution is -2.40. The molecule has 1 aromatic carbocycles. The van der Waals surface area contributed by atoms with Crippen LogP contribution in [0.1, 0.15) is 32.3 Å². The van der Waals surface area contributed by atoms with Crippen LogP contribution >= 0.6 is 24.0 Å². The highest BCUT2D eigenvalue weighted by Gasteiger charge is 2.15. The Hall–Kier alpha value is -1.42. The second kappa shape index (κ2) is 12.1. The second-order valence-electron chi connectivity index (χ2n) is 6.81. The van der Waals surface area contributed by atoms with Gasteiger partial charge < -0.3 is 15.4 Å². The molecule has 0 aliphatic carbocycles. The number of nitrogens with one attached hydrogen (secondary N) is 2. The van der Waals surface area contributed by atoms with Gasteiger partial charge in [0.2, 0.25) is 0 Å². The average molecular weight is 476 g/mol. The molecular formula is C18H29IN4O3. The molecule has 1 heterocycles. The molecule has 1 fully saturated rings. The second-order valence-corrected chi connectivity index (χ2v) is 6.81. The lowest BCUT2D eigenvalue weighted by atomic mass is 10.1. The third kappa shape index (κ3) is 8.31. The first-order valence-corrected chi connectivity index (χ1v) is 8.88. The number of nitro benzene ring substituents is 1. The Balaban J connectivity index is 0.00000338. The van der Waals surface area contributed by atoms with Gasteiger partial charge in [-0.3, -0.25) is 10.1 Å². The minimum absolute atomic E-state index is 0. The Morgan fingerprint density at radius 3 is 2.65 bits per heavy atom. The predicted molar refractivity (Wildman–Crippen MR) is 114 cm³/mol. The maximum atomic E-state index is 10.7. The molecule has 1 saturated heterocycles. The number of guanidine groups is 1. The van der Waals surface area contributed by atoms with Crippen molar-refractivity contribution >= 4 is 35.6 Å². The number of nitro groups is 1. The van der Waals surface area contributed by atoms with Crippen LogP contribution in [-0.4, -0.2) is 37.2 Å². The Labute approximate surface area is 172 Å². The predicted octanol–water partition coefficient (Wildman–Crippen LogP) is 3.33. The van der Waals surface area contributed by atoms with E-state index in [0.29, 0.717) is 18.4 Å². The van der Waals surface area contributed by atoms with E-state index in [2.05, 4.69) is 29.5 Å². The van der Waals surface area contributed by atoms with Gasteiger partial charge in [-0.05, 0) is 24.3 Å². The molecule has 1 atom stereocenters. The van der Waals surface area contributed by atoms with Gasteiger partial charge >= 0.3 is 0 Å². The van der Waals surface area contributed by atoms with E-state index in [-0.39, 0.29) is 29.7 Å². The SMILES string of the molecule is CC(C)CCNC(=NCc1ccc([N+](=O)[O-])cc1)NCC1CCOC1.I. The van der Waals surface area contributed by atoms with E-state index in [9.17, 15) is 10.1 Å². The number of benzene rings is 1. The maximum Gasteiger partial charge on any atom is 0.269 e. The third-order valence-corrected chi connectivity index (χ3v) is 4.16. The summed E-state index contributed by atoms with van der Waals surface area (Å²) in [5.74, 6) is 1.94. The molecule has 146 valence electrons. The highest BCUT2D eigenvalue weighted by molar-refractivity contribution is 14.0. The summed E-state index contributed by atoms with van der Waals surface area (Å²) in [7, 11) is 0. The van der Waals surface area contributed by atoms with E-state index in [1.807, 2.05) is 0 Å². The summed E-state index contributed by atoms with van der Waals surface area (Å²) in [4.78, 5) is 14.9. The van der Waals surface area contributed by atoms with E-state index in [0.717, 1.165) is 50.7 Å². The molecule has 1 aromatic rings. The lowest BCUT2D eigenvalue weighted by molar-refractivity contribution is -0.384. The number of hydrogen-bond donors (Lipinski definition) is 2. The summed E-state index contributed by atoms with van der Waals surface area (Å²) < 4.78 is 5.41. The third-order valence-electron chi connectivity index (χ3n) is 4.16. The Morgan fingerprint density at radius 1 is 1.35 bits per heavy atom. The minimum Gasteiger partial charge on any atom is -0.381 e. The molecule has 26 heavy (non-hydrogen) atoms. The van der Waals surface area contributed by atoms with Crippen molar-refractivity contribution in [3.63, 3.8) is 0 Å². The molecule has 0 spiro atoms. The van der Waals surface area contributed by atoms with E-state index >= 15 is 0 Å². The first kappa shape index (κ1) is 22.6. The van der Waals surface area contributed by atoms with Crippen molar-refractivity contribution in [1.82, 2.24) is 10.6 Å². The largest absolute Gasteiger partial charge is 0.381 e. The van der Waals surface area contributed by atoms with Crippen molar-refractivity contribution in [3.8, 4) is 0 Å². The van der Waals surface area contributed by atoms with E-state index < -0.39 is 4.92 Å². The van der Waals surface area contributed by atoms with Gasteiger partial charge in [0, 0.05) is 37.7 Å². The topological polar surface area (TPSA) is 88.8 Å². The molecule has 1 aliphatic rings. The standard InChI is InChI=1S/C18H28N4O3.HI/c1-14(2)7-9-19-18(21-12-16-8-10-25-13-16)20-11-15-3-5-17(6-4-15)22(23)24;/h3-6,14,16H,7-13H2,1-2H3,(H2,19,20,21);1H. The van der Waals surface area contributed by atoms with Crippen molar-refractivity contribution in [3.05, 3.63) is 39.9 Å². The van der Waals surface area contributed by atoms with Crippen molar-refractivity contribution < 1.29 is 9.66 Å². The average Bonchev–Trinajstić information content (AvgIpc) is 3.10. The first-order valence-electron chi connectivity index (χ1n) is 8.88. The minimum atomic E-state index is -0.392. The summed E-state index contributed by atoms with van der Waals surface area (Å²) in [5.41, 5.74) is 1.04. The normalized spacial score (nSPS) is 17.0. The van der Waals surface area contributed by atoms with E-state index in [1.165, 1.54) is 12.1 Å². The zero-order chi connectivity index (χ0) is 18.1. The molecule has 0 radical (unpaired) electrons. The highest BCUT2D eigenvalue weighted by Crippen LogP contribution is 2.13. The Morgan fingerprint density at radius 2 is 2.08 bits per heavy atom. The highest BCUT2D eigenvalue weighted by atomic mass is 127. The molecule has 8 heteroatoms. The number of nitrogens with zero attached hydrogens (tertiary/aromatic N) is 2. The van der Waals surface area contributed by atoms with Gasteiger partial charge in [-0.2, -0.15) is 0 Å². The number of hydrogen-bond acceptors (Lipinski definition) is 4. The number of ether oxygens (including phenoxy) is 1. The summed E-state index contributed by atoms with van der Waals surface area (Å²) in [5, 5.41) is 17.5. The van der Waals surface area contributed by atoms with Crippen LogP contribution in [0.25, 0.3) is 0 Å². The molecule has 0 bridgehead atoms. The van der Waals surface area contributed by atoms with Crippen LogP contribution in [-0.2, 0) is 11.3 Å². The lowest BCUT2D eigenvalue weighted by Gasteiger charge is -2.15. The van der Waals surface area contributed by atoms with Gasteiger partial charge in [-0.15, -0.1) is 24.0 Å². The quantitative estimate of drug-likeness (QED) is 0.198. The molecule has 2 rings (SSSR count). The van der Waals surface area contributed by atoms with Gasteiger partial charge in [0.25, 0.3) is 5.69 Å². The summed E-state index contributed by atoms with van der Waals surface area (Å²) in [6.45, 7) is 8.21. The van der Waals surface area contributed by atoms with Gasteiger partial charge in [-0.25, -0.2) is 4.99 Å². The molecule has 1 aliphatic heterocycles. The fourth-order valence-corrected chi connectivity index (χ4v) is 2.53. The van der Waals surface area contributed by atoms with Gasteiger partial charge in [0.15, 0.2) is 5.96 Å². The van der Waals surface area contributed by atoms with E-state index in [1.54, 1.807) is 12.1 Å². The van der Waals surface area contributed by atoms with E-state index in [4.69, 9.17) is 4.74 Å². The number of rotatable bonds is 8. The van der Waals surface area contributed by atoms with Crippen LogP contribution in [0.3, 0.4) is 0 Å². The molecule has 7 nitrogen and oxygen atoms in total. The molecule has 0 aromatic heterocycles. The van der Waals surface area contributed by atoms with Gasteiger partial charge in [-0.1, -0.05) is 26.0 Å². The fourth-order valence-electron chi connectivity index (χ4n) is 2.53. The zero-order valence-electron chi connectivity index (χ0n) is 15.4. The Bertz CT molecular complexity index is 572. The smallest absolute Gasteiger partial charge is 0.269 e. The zero-order valence-corrected chi connectivity index (χ0v) is 17.8. The monoisotopic (exact) mass is 476 g/mol. The number of aliphatic imine (C=N–C) groups is 1. The number of non-ortho nitro benzene ring substituents is 1. The van der Waals surface area contributed by atoms with Crippen LogP contribution in [0.5, 0.6) is 0 Å². The summed E-state index contributed by atoms with van der Waals surface area (Å²) in [6.07, 6.45) is 2.15. The fraction of sp³-hybridized carbons (Fsp3) is 0.611. The Kier molecular flexibility index (Phi) is 10.5. The van der Waals surface area contributed by atoms with Crippen LogP contribution in [0.4, 0.5) is 5.69 Å². The molecule has 2 N–H and O–H groups in total. The molecule has 0 amide bonds. The van der Waals surface area contributed by atoms with Gasteiger partial charge in [0.05, 0.1) is 18.1 Å². The summed E-state index contributed by atoms with van der Waals surface area (Å²) >= 11 is 0. The molecule has 0 saturated carbocycles. The first-order chi connectivity index (χ1) is 12.0. The van der Waals surface area contributed by atoms with Crippen molar-refractivity contribution in [1.29, 1.82) is 0 Å². The van der Waals surface area contributed by atoms with Crippen molar-refractivity contribution in [2.24, 2.45) is 16.8 Å².